The minimum Gasteiger partial charge on any atom is -0.351 e. The first-order valence-corrected chi connectivity index (χ1v) is 13.6. The second kappa shape index (κ2) is 11.0. The van der Waals surface area contributed by atoms with Gasteiger partial charge >= 0.3 is 0 Å². The molecule has 1 aliphatic heterocycles. The Bertz CT molecular complexity index is 1370. The molecule has 1 aliphatic carbocycles. The van der Waals surface area contributed by atoms with Crippen LogP contribution >= 0.6 is 22.9 Å². The lowest BCUT2D eigenvalue weighted by molar-refractivity contribution is -0.133. The van der Waals surface area contributed by atoms with Crippen LogP contribution in [0.5, 0.6) is 0 Å². The zero-order valence-electron chi connectivity index (χ0n) is 20.5. The van der Waals surface area contributed by atoms with Gasteiger partial charge in [-0.15, -0.1) is 11.3 Å². The average Bonchev–Trinajstić information content (AvgIpc) is 3.56. The van der Waals surface area contributed by atoms with E-state index in [0.717, 1.165) is 17.3 Å². The van der Waals surface area contributed by atoms with Crippen LogP contribution in [0.2, 0.25) is 5.02 Å². The molecule has 3 aromatic rings. The van der Waals surface area contributed by atoms with Gasteiger partial charge in [-0.3, -0.25) is 14.5 Å². The summed E-state index contributed by atoms with van der Waals surface area (Å²) in [4.78, 5) is 47.1. The van der Waals surface area contributed by atoms with Crippen molar-refractivity contribution in [2.75, 3.05) is 16.3 Å². The summed E-state index contributed by atoms with van der Waals surface area (Å²) in [6.45, 7) is 0.237. The molecule has 2 aliphatic rings. The summed E-state index contributed by atoms with van der Waals surface area (Å²) in [5.41, 5.74) is 1.92. The first-order valence-electron chi connectivity index (χ1n) is 12.3. The molecule has 2 fully saturated rings. The van der Waals surface area contributed by atoms with Crippen LogP contribution in [0, 0.1) is 11.7 Å². The van der Waals surface area contributed by atoms with Crippen LogP contribution in [0.25, 0.3) is 0 Å². The van der Waals surface area contributed by atoms with E-state index in [0.29, 0.717) is 5.82 Å². The molecule has 0 radical (unpaired) electrons. The van der Waals surface area contributed by atoms with Crippen molar-refractivity contribution in [3.8, 4) is 0 Å². The molecular weight excluding hydrogens is 553 g/mol. The lowest BCUT2D eigenvalue weighted by atomic mass is 9.87. The fourth-order valence-corrected chi connectivity index (χ4v) is 5.92. The van der Waals surface area contributed by atoms with Crippen molar-refractivity contribution >= 4 is 52.5 Å². The maximum absolute atomic E-state index is 14.5. The number of thiazole rings is 1. The Labute approximate surface area is 231 Å². The lowest BCUT2D eigenvalue weighted by Crippen LogP contribution is -2.55. The number of anilines is 2. The molecule has 1 aromatic heterocycles. The lowest BCUT2D eigenvalue weighted by Gasteiger charge is -2.39. The number of hydrogen-bond acceptors (Lipinski definition) is 6. The number of halogens is 4. The Morgan fingerprint density at radius 3 is 2.62 bits per heavy atom. The van der Waals surface area contributed by atoms with Crippen LogP contribution in [-0.2, 0) is 14.4 Å². The summed E-state index contributed by atoms with van der Waals surface area (Å²) in [6, 6.07) is 8.48. The van der Waals surface area contributed by atoms with Crippen LogP contribution in [-0.4, -0.2) is 47.6 Å². The summed E-state index contributed by atoms with van der Waals surface area (Å²) < 4.78 is 41.6. The van der Waals surface area contributed by atoms with Gasteiger partial charge in [0, 0.05) is 53.0 Å². The molecule has 0 spiro atoms. The molecule has 2 amide bonds. The van der Waals surface area contributed by atoms with Crippen LogP contribution in [0.3, 0.4) is 0 Å². The van der Waals surface area contributed by atoms with Crippen LogP contribution in [0.4, 0.5) is 24.7 Å². The van der Waals surface area contributed by atoms with Crippen LogP contribution < -0.4 is 15.1 Å². The molecule has 2 heterocycles. The highest BCUT2D eigenvalue weighted by Gasteiger charge is 2.48. The van der Waals surface area contributed by atoms with E-state index in [1.54, 1.807) is 40.1 Å². The molecule has 1 unspecified atom stereocenters. The third-order valence-electron chi connectivity index (χ3n) is 6.99. The molecule has 1 saturated heterocycles. The molecule has 1 saturated carbocycles. The normalized spacial score (nSPS) is 21.2. The number of carbonyl (C=O) groups excluding carboxylic acids is 3. The van der Waals surface area contributed by atoms with E-state index in [2.05, 4.69) is 10.3 Å². The third kappa shape index (κ3) is 5.65. The molecule has 39 heavy (non-hydrogen) atoms. The second-order valence-corrected chi connectivity index (χ2v) is 10.9. The Morgan fingerprint density at radius 2 is 1.97 bits per heavy atom. The SMILES string of the molecule is O=CC1C[C@@H](C(=O)N(c2cccc(F)c2)[C@H](C(=O)NC2CC(F)(F)C2)c2ccccc2Cl)N(c2cscn2)C1. The van der Waals surface area contributed by atoms with Gasteiger partial charge in [0.15, 0.2) is 0 Å². The molecule has 204 valence electrons. The minimum atomic E-state index is -2.88. The molecule has 12 heteroatoms. The summed E-state index contributed by atoms with van der Waals surface area (Å²) in [7, 11) is 0. The number of amides is 2. The first-order chi connectivity index (χ1) is 18.7. The highest BCUT2D eigenvalue weighted by Crippen LogP contribution is 2.40. The van der Waals surface area contributed by atoms with Gasteiger partial charge in [-0.2, -0.15) is 0 Å². The van der Waals surface area contributed by atoms with Crippen molar-refractivity contribution in [3.63, 3.8) is 0 Å². The van der Waals surface area contributed by atoms with Gasteiger partial charge in [0.2, 0.25) is 5.91 Å². The number of carbonyl (C=O) groups is 3. The molecule has 7 nitrogen and oxygen atoms in total. The van der Waals surface area contributed by atoms with Crippen molar-refractivity contribution < 1.29 is 27.6 Å². The fraction of sp³-hybridized carbons (Fsp3) is 0.333. The maximum atomic E-state index is 14.5. The number of hydrogen-bond donors (Lipinski definition) is 1. The summed E-state index contributed by atoms with van der Waals surface area (Å²) >= 11 is 7.82. The van der Waals surface area contributed by atoms with Crippen molar-refractivity contribution in [2.45, 2.75) is 43.3 Å². The fourth-order valence-electron chi connectivity index (χ4n) is 5.13. The maximum Gasteiger partial charge on any atom is 0.252 e. The van der Waals surface area contributed by atoms with Crippen molar-refractivity contribution in [1.82, 2.24) is 10.3 Å². The Kier molecular flexibility index (Phi) is 7.64. The molecule has 3 atom stereocenters. The number of aromatic nitrogens is 1. The van der Waals surface area contributed by atoms with Crippen LogP contribution in [0.1, 0.15) is 30.9 Å². The molecule has 2 aromatic carbocycles. The minimum absolute atomic E-state index is 0.0757. The topological polar surface area (TPSA) is 82.6 Å². The van der Waals surface area contributed by atoms with Gasteiger partial charge in [0.25, 0.3) is 11.8 Å². The highest BCUT2D eigenvalue weighted by molar-refractivity contribution is 7.07. The van der Waals surface area contributed by atoms with Crippen molar-refractivity contribution in [1.29, 1.82) is 0 Å². The summed E-state index contributed by atoms with van der Waals surface area (Å²) in [6.07, 6.45) is -0.127. The van der Waals surface area contributed by atoms with Crippen molar-refractivity contribution in [3.05, 3.63) is 75.8 Å². The standard InChI is InChI=1S/C27H24ClF3N4O3S/c28-21-7-2-1-6-20(21)24(25(37)33-18-10-27(30,31)11-18)35(19-5-3-4-17(29)9-19)26(38)22-8-16(13-36)12-34(22)23-14-39-15-32-23/h1-7,9,13-16,18,22,24H,8,10-12H2,(H,33,37)/t16?,22-,24-/m0/s1. The van der Waals surface area contributed by atoms with E-state index in [9.17, 15) is 27.6 Å². The molecule has 5 rings (SSSR count). The predicted octanol–water partition coefficient (Wildman–Crippen LogP) is 5.02. The number of aldehydes is 1. The average molecular weight is 577 g/mol. The number of rotatable bonds is 8. The van der Waals surface area contributed by atoms with E-state index < -0.39 is 60.4 Å². The van der Waals surface area contributed by atoms with E-state index in [-0.39, 0.29) is 29.2 Å². The van der Waals surface area contributed by atoms with Gasteiger partial charge in [-0.1, -0.05) is 35.9 Å². The van der Waals surface area contributed by atoms with Crippen molar-refractivity contribution in [2.24, 2.45) is 5.92 Å². The van der Waals surface area contributed by atoms with Crippen LogP contribution in [0.15, 0.2) is 59.4 Å². The van der Waals surface area contributed by atoms with E-state index >= 15 is 0 Å². The van der Waals surface area contributed by atoms with Gasteiger partial charge in [0.1, 0.15) is 30.0 Å². The highest BCUT2D eigenvalue weighted by atomic mass is 35.5. The number of nitrogens with one attached hydrogen (secondary N) is 1. The largest absolute Gasteiger partial charge is 0.351 e. The Balaban J connectivity index is 1.59. The number of alkyl halides is 2. The molecule has 0 bridgehead atoms. The number of nitrogens with zero attached hydrogens (tertiary/aromatic N) is 3. The quantitative estimate of drug-likeness (QED) is 0.381. The van der Waals surface area contributed by atoms with Gasteiger partial charge in [-0.05, 0) is 30.7 Å². The number of benzene rings is 2. The van der Waals surface area contributed by atoms with Gasteiger partial charge in [0.05, 0.1) is 5.51 Å². The van der Waals surface area contributed by atoms with Gasteiger partial charge < -0.3 is 15.0 Å². The molecular formula is C27H24ClF3N4O3S. The van der Waals surface area contributed by atoms with E-state index in [1.807, 2.05) is 0 Å². The zero-order chi connectivity index (χ0) is 27.7. The molecule has 1 N–H and O–H groups in total. The monoisotopic (exact) mass is 576 g/mol. The summed E-state index contributed by atoms with van der Waals surface area (Å²) in [5.74, 6) is -4.81. The third-order valence-corrected chi connectivity index (χ3v) is 7.91. The van der Waals surface area contributed by atoms with E-state index in [4.69, 9.17) is 11.6 Å². The summed E-state index contributed by atoms with van der Waals surface area (Å²) in [5, 5.41) is 4.53. The Morgan fingerprint density at radius 1 is 1.21 bits per heavy atom. The zero-order valence-corrected chi connectivity index (χ0v) is 22.0. The predicted molar refractivity (Wildman–Crippen MR) is 142 cm³/mol. The first kappa shape index (κ1) is 27.1. The van der Waals surface area contributed by atoms with Gasteiger partial charge in [-0.25, -0.2) is 18.2 Å². The second-order valence-electron chi connectivity index (χ2n) is 9.73. The van der Waals surface area contributed by atoms with E-state index in [1.165, 1.54) is 29.5 Å². The Hall–Kier alpha value is -3.44. The smallest absolute Gasteiger partial charge is 0.252 e.